The van der Waals surface area contributed by atoms with E-state index < -0.39 is 33.0 Å². The topological polar surface area (TPSA) is 78.2 Å². The number of aliphatic hydroxyl groups excluding tert-OH is 1. The van der Waals surface area contributed by atoms with Crippen molar-refractivity contribution in [1.82, 2.24) is 0 Å². The number of nitrogens with zero attached hydrogens (tertiary/aromatic N) is 1. The van der Waals surface area contributed by atoms with E-state index in [0.29, 0.717) is 10.6 Å². The summed E-state index contributed by atoms with van der Waals surface area (Å²) in [6.45, 7) is 1.08. The van der Waals surface area contributed by atoms with Crippen molar-refractivity contribution in [2.75, 3.05) is 12.4 Å². The van der Waals surface area contributed by atoms with Gasteiger partial charge in [0.2, 0.25) is 0 Å². The Labute approximate surface area is 117 Å². The summed E-state index contributed by atoms with van der Waals surface area (Å²) < 4.78 is 24.1. The van der Waals surface area contributed by atoms with Gasteiger partial charge >= 0.3 is 0 Å². The Hall–Kier alpha value is -1.09. The van der Waals surface area contributed by atoms with Gasteiger partial charge in [-0.3, -0.25) is 0 Å². The molecule has 0 aliphatic heterocycles. The minimum Gasteiger partial charge on any atom is -0.395 e. The fourth-order valence-corrected chi connectivity index (χ4v) is 4.85. The van der Waals surface area contributed by atoms with Crippen LogP contribution in [-0.4, -0.2) is 31.1 Å². The second-order valence-electron chi connectivity index (χ2n) is 4.72. The standard InChI is InChI=1S/C13H14ClNO3S/c1-2-19(17,18)12-11(13(12,7-15)8-16)9-4-3-5-10(14)6-9/h3-6,11-12,16H,2,8H2,1H3/t11-,12-,13-/m1/s1. The van der Waals surface area contributed by atoms with E-state index in [2.05, 4.69) is 0 Å². The van der Waals surface area contributed by atoms with Crippen LogP contribution in [-0.2, 0) is 9.84 Å². The van der Waals surface area contributed by atoms with Gasteiger partial charge in [-0.1, -0.05) is 30.7 Å². The van der Waals surface area contributed by atoms with E-state index in [1.807, 2.05) is 6.07 Å². The predicted molar refractivity (Wildman–Crippen MR) is 72.6 cm³/mol. The minimum absolute atomic E-state index is 0.0435. The van der Waals surface area contributed by atoms with Crippen LogP contribution < -0.4 is 0 Å². The zero-order chi connectivity index (χ0) is 14.3. The smallest absolute Gasteiger partial charge is 0.155 e. The highest BCUT2D eigenvalue weighted by atomic mass is 35.5. The molecule has 4 nitrogen and oxygen atoms in total. The predicted octanol–water partition coefficient (Wildman–Crippen LogP) is 1.74. The van der Waals surface area contributed by atoms with Gasteiger partial charge in [-0.25, -0.2) is 8.42 Å². The number of nitriles is 1. The molecule has 3 atom stereocenters. The first-order valence-electron chi connectivity index (χ1n) is 5.92. The van der Waals surface area contributed by atoms with Crippen LogP contribution in [0.2, 0.25) is 5.02 Å². The first-order valence-corrected chi connectivity index (χ1v) is 8.01. The third kappa shape index (κ3) is 2.14. The molecule has 102 valence electrons. The lowest BCUT2D eigenvalue weighted by Gasteiger charge is -2.03. The number of benzene rings is 1. The van der Waals surface area contributed by atoms with E-state index in [0.717, 1.165) is 0 Å². The highest BCUT2D eigenvalue weighted by Gasteiger charge is 2.71. The Morgan fingerprint density at radius 2 is 2.21 bits per heavy atom. The largest absolute Gasteiger partial charge is 0.395 e. The van der Waals surface area contributed by atoms with Crippen molar-refractivity contribution in [2.45, 2.75) is 18.1 Å². The van der Waals surface area contributed by atoms with Crippen LogP contribution in [0.25, 0.3) is 0 Å². The zero-order valence-corrected chi connectivity index (χ0v) is 11.9. The second kappa shape index (κ2) is 4.78. The molecule has 1 N–H and O–H groups in total. The summed E-state index contributed by atoms with van der Waals surface area (Å²) in [7, 11) is -3.39. The van der Waals surface area contributed by atoms with E-state index in [9.17, 15) is 18.8 Å². The van der Waals surface area contributed by atoms with Crippen molar-refractivity contribution < 1.29 is 13.5 Å². The molecule has 0 saturated heterocycles. The van der Waals surface area contributed by atoms with Crippen molar-refractivity contribution in [3.63, 3.8) is 0 Å². The molecular weight excluding hydrogens is 286 g/mol. The Balaban J connectivity index is 2.49. The van der Waals surface area contributed by atoms with E-state index in [1.165, 1.54) is 0 Å². The van der Waals surface area contributed by atoms with Crippen LogP contribution in [0, 0.1) is 16.7 Å². The van der Waals surface area contributed by atoms with E-state index in [4.69, 9.17) is 11.6 Å². The molecule has 0 amide bonds. The lowest BCUT2D eigenvalue weighted by Crippen LogP contribution is -2.19. The molecule has 1 aliphatic rings. The van der Waals surface area contributed by atoms with Gasteiger partial charge < -0.3 is 5.11 Å². The van der Waals surface area contributed by atoms with Crippen molar-refractivity contribution in [3.8, 4) is 6.07 Å². The normalized spacial score (nSPS) is 29.8. The van der Waals surface area contributed by atoms with Gasteiger partial charge in [0.25, 0.3) is 0 Å². The van der Waals surface area contributed by atoms with Gasteiger partial charge in [-0.2, -0.15) is 5.26 Å². The summed E-state index contributed by atoms with van der Waals surface area (Å²) in [4.78, 5) is 0. The molecule has 0 radical (unpaired) electrons. The summed E-state index contributed by atoms with van der Waals surface area (Å²) in [5.74, 6) is -0.552. The van der Waals surface area contributed by atoms with Crippen LogP contribution in [0.3, 0.4) is 0 Å². The highest BCUT2D eigenvalue weighted by Crippen LogP contribution is 2.62. The maximum Gasteiger partial charge on any atom is 0.155 e. The molecule has 0 bridgehead atoms. The van der Waals surface area contributed by atoms with Crippen LogP contribution in [0.15, 0.2) is 24.3 Å². The molecular formula is C13H14ClNO3S. The summed E-state index contributed by atoms with van der Waals surface area (Å²) >= 11 is 5.90. The molecule has 1 aliphatic carbocycles. The number of hydrogen-bond acceptors (Lipinski definition) is 4. The number of rotatable bonds is 4. The van der Waals surface area contributed by atoms with Crippen LogP contribution in [0.4, 0.5) is 0 Å². The van der Waals surface area contributed by atoms with Crippen molar-refractivity contribution in [1.29, 1.82) is 5.26 Å². The SMILES string of the molecule is CCS(=O)(=O)[C@@H]1[C@@H](c2cccc(Cl)c2)[C@@]1(C#N)CO. The monoisotopic (exact) mass is 299 g/mol. The quantitative estimate of drug-likeness (QED) is 0.918. The van der Waals surface area contributed by atoms with Gasteiger partial charge in [-0.15, -0.1) is 0 Å². The van der Waals surface area contributed by atoms with Crippen LogP contribution in [0.5, 0.6) is 0 Å². The van der Waals surface area contributed by atoms with Crippen LogP contribution in [0.1, 0.15) is 18.4 Å². The number of halogens is 1. The maximum atomic E-state index is 12.1. The molecule has 1 aromatic rings. The van der Waals surface area contributed by atoms with E-state index in [1.54, 1.807) is 31.2 Å². The Morgan fingerprint density at radius 3 is 2.68 bits per heavy atom. The minimum atomic E-state index is -3.39. The zero-order valence-electron chi connectivity index (χ0n) is 10.4. The molecule has 1 aromatic carbocycles. The molecule has 0 spiro atoms. The Morgan fingerprint density at radius 1 is 1.53 bits per heavy atom. The molecule has 1 saturated carbocycles. The molecule has 6 heteroatoms. The van der Waals surface area contributed by atoms with Gasteiger partial charge in [0.15, 0.2) is 9.84 Å². The average Bonchev–Trinajstić information content (AvgIpc) is 3.09. The van der Waals surface area contributed by atoms with Crippen molar-refractivity contribution >= 4 is 21.4 Å². The summed E-state index contributed by atoms with van der Waals surface area (Å²) in [5.41, 5.74) is -0.551. The lowest BCUT2D eigenvalue weighted by molar-refractivity contribution is 0.242. The first-order chi connectivity index (χ1) is 8.93. The summed E-state index contributed by atoms with van der Waals surface area (Å²) in [6, 6.07) is 8.78. The fraction of sp³-hybridized carbons (Fsp3) is 0.462. The highest BCUT2D eigenvalue weighted by molar-refractivity contribution is 7.92. The van der Waals surface area contributed by atoms with Gasteiger partial charge in [0, 0.05) is 16.7 Å². The lowest BCUT2D eigenvalue weighted by atomic mass is 10.0. The Kier molecular flexibility index (Phi) is 3.61. The molecule has 1 fully saturated rings. The third-order valence-electron chi connectivity index (χ3n) is 3.72. The summed E-state index contributed by atoms with van der Waals surface area (Å²) in [6.07, 6.45) is 0. The van der Waals surface area contributed by atoms with Crippen LogP contribution >= 0.6 is 11.6 Å². The van der Waals surface area contributed by atoms with Gasteiger partial charge in [-0.05, 0) is 17.7 Å². The Bertz CT molecular complexity index is 638. The van der Waals surface area contributed by atoms with Gasteiger partial charge in [0.1, 0.15) is 5.41 Å². The van der Waals surface area contributed by atoms with Crippen molar-refractivity contribution in [3.05, 3.63) is 34.9 Å². The molecule has 0 heterocycles. The third-order valence-corrected chi connectivity index (χ3v) is 6.23. The van der Waals surface area contributed by atoms with Crippen molar-refractivity contribution in [2.24, 2.45) is 5.41 Å². The van der Waals surface area contributed by atoms with Gasteiger partial charge in [0.05, 0.1) is 17.9 Å². The second-order valence-corrected chi connectivity index (χ2v) is 7.56. The fourth-order valence-electron chi connectivity index (χ4n) is 2.64. The molecule has 2 rings (SSSR count). The van der Waals surface area contributed by atoms with E-state index in [-0.39, 0.29) is 5.75 Å². The molecule has 0 unspecified atom stereocenters. The molecule has 0 aromatic heterocycles. The average molecular weight is 300 g/mol. The number of aliphatic hydroxyl groups is 1. The van der Waals surface area contributed by atoms with E-state index >= 15 is 0 Å². The molecule has 19 heavy (non-hydrogen) atoms. The maximum absolute atomic E-state index is 12.1. The number of hydrogen-bond donors (Lipinski definition) is 1. The number of sulfone groups is 1. The summed E-state index contributed by atoms with van der Waals surface area (Å²) in [5, 5.41) is 18.4. The first kappa shape index (κ1) is 14.3.